The quantitative estimate of drug-likeness (QED) is 0.538. The highest BCUT2D eigenvalue weighted by molar-refractivity contribution is 7.92. The van der Waals surface area contributed by atoms with Crippen LogP contribution in [-0.2, 0) is 26.2 Å². The number of anilines is 1. The van der Waals surface area contributed by atoms with Gasteiger partial charge in [-0.05, 0) is 57.0 Å². The highest BCUT2D eigenvalue weighted by Crippen LogP contribution is 2.20. The third kappa shape index (κ3) is 7.85. The first-order chi connectivity index (χ1) is 15.5. The summed E-state index contributed by atoms with van der Waals surface area (Å²) in [5.41, 5.74) is 2.24. The Morgan fingerprint density at radius 2 is 1.67 bits per heavy atom. The molecule has 2 aromatic carbocycles. The van der Waals surface area contributed by atoms with Crippen molar-refractivity contribution < 1.29 is 22.4 Å². The predicted octanol–water partition coefficient (Wildman–Crippen LogP) is 3.23. The van der Waals surface area contributed by atoms with E-state index in [9.17, 15) is 22.4 Å². The van der Waals surface area contributed by atoms with Crippen LogP contribution >= 0.6 is 0 Å². The predicted molar refractivity (Wildman–Crippen MR) is 128 cm³/mol. The smallest absolute Gasteiger partial charge is 0.242 e. The van der Waals surface area contributed by atoms with Crippen molar-refractivity contribution in [1.29, 1.82) is 0 Å². The fraction of sp³-hybridized carbons (Fsp3) is 0.417. The number of halogens is 1. The third-order valence-electron chi connectivity index (χ3n) is 5.26. The van der Waals surface area contributed by atoms with Crippen molar-refractivity contribution in [3.63, 3.8) is 0 Å². The third-order valence-corrected chi connectivity index (χ3v) is 6.45. The zero-order chi connectivity index (χ0) is 24.6. The minimum Gasteiger partial charge on any atom is -0.355 e. The molecule has 180 valence electrons. The molecular weight excluding hydrogens is 445 g/mol. The molecule has 9 heteroatoms. The molecule has 0 aliphatic heterocycles. The van der Waals surface area contributed by atoms with E-state index in [0.29, 0.717) is 17.8 Å². The van der Waals surface area contributed by atoms with Crippen LogP contribution in [0.1, 0.15) is 37.8 Å². The van der Waals surface area contributed by atoms with Crippen molar-refractivity contribution >= 4 is 27.5 Å². The maximum atomic E-state index is 13.3. The van der Waals surface area contributed by atoms with E-state index in [4.69, 9.17) is 0 Å². The van der Waals surface area contributed by atoms with Crippen LogP contribution in [0.4, 0.5) is 10.1 Å². The summed E-state index contributed by atoms with van der Waals surface area (Å²) >= 11 is 0. The van der Waals surface area contributed by atoms with Gasteiger partial charge in [0.05, 0.1) is 11.9 Å². The Hall–Kier alpha value is -2.94. The van der Waals surface area contributed by atoms with Crippen molar-refractivity contribution in [2.24, 2.45) is 0 Å². The summed E-state index contributed by atoms with van der Waals surface area (Å²) in [6, 6.07) is 12.2. The molecular formula is C24H32FN3O4S. The van der Waals surface area contributed by atoms with Crippen LogP contribution in [-0.4, -0.2) is 50.5 Å². The Bertz CT molecular complexity index is 1040. The number of aryl methyl sites for hydroxylation is 1. The van der Waals surface area contributed by atoms with Crippen LogP contribution in [0.2, 0.25) is 0 Å². The molecule has 0 spiro atoms. The average molecular weight is 478 g/mol. The zero-order valence-corrected chi connectivity index (χ0v) is 20.4. The van der Waals surface area contributed by atoms with Gasteiger partial charge < -0.3 is 10.2 Å². The number of carbonyl (C=O) groups excluding carboxylic acids is 2. The highest BCUT2D eigenvalue weighted by Gasteiger charge is 2.26. The molecule has 0 heterocycles. The molecule has 0 saturated heterocycles. The van der Waals surface area contributed by atoms with Gasteiger partial charge in [-0.25, -0.2) is 12.8 Å². The number of carbonyl (C=O) groups is 2. The molecule has 0 bridgehead atoms. The van der Waals surface area contributed by atoms with Crippen LogP contribution in [0.15, 0.2) is 48.5 Å². The molecule has 0 unspecified atom stereocenters. The lowest BCUT2D eigenvalue weighted by Gasteiger charge is -2.29. The fourth-order valence-corrected chi connectivity index (χ4v) is 4.37. The van der Waals surface area contributed by atoms with E-state index in [2.05, 4.69) is 5.32 Å². The van der Waals surface area contributed by atoms with E-state index in [-0.39, 0.29) is 43.6 Å². The van der Waals surface area contributed by atoms with Crippen LogP contribution in [0.25, 0.3) is 0 Å². The average Bonchev–Trinajstić information content (AvgIpc) is 2.76. The van der Waals surface area contributed by atoms with E-state index >= 15 is 0 Å². The molecule has 0 aromatic heterocycles. The normalized spacial score (nSPS) is 12.2. The Morgan fingerprint density at radius 3 is 2.21 bits per heavy atom. The van der Waals surface area contributed by atoms with Crippen molar-refractivity contribution in [3.8, 4) is 0 Å². The summed E-state index contributed by atoms with van der Waals surface area (Å²) in [6.45, 7) is 6.06. The van der Waals surface area contributed by atoms with Gasteiger partial charge >= 0.3 is 0 Å². The minimum absolute atomic E-state index is 0.0584. The number of hydrogen-bond acceptors (Lipinski definition) is 4. The first kappa shape index (κ1) is 26.3. The minimum atomic E-state index is -3.53. The van der Waals surface area contributed by atoms with Gasteiger partial charge in [-0.3, -0.25) is 13.9 Å². The van der Waals surface area contributed by atoms with Gasteiger partial charge in [0.15, 0.2) is 0 Å². The SMILES string of the molecule is CCNC(=O)[C@H](C)N(Cc1ccc(F)cc1)C(=O)CCCN(c1ccc(C)cc1)S(C)(=O)=O. The van der Waals surface area contributed by atoms with Crippen LogP contribution in [0.5, 0.6) is 0 Å². The number of likely N-dealkylation sites (N-methyl/N-ethyl adjacent to an activating group) is 1. The number of hydrogen-bond donors (Lipinski definition) is 1. The van der Waals surface area contributed by atoms with Crippen molar-refractivity contribution in [2.75, 3.05) is 23.7 Å². The standard InChI is InChI=1S/C24H32FN3O4S/c1-5-26-24(30)19(3)27(17-20-10-12-21(25)13-11-20)23(29)7-6-16-28(33(4,31)32)22-14-8-18(2)9-15-22/h8-15,19H,5-7,16-17H2,1-4H3,(H,26,30)/t19-/m0/s1. The van der Waals surface area contributed by atoms with Crippen LogP contribution in [0.3, 0.4) is 0 Å². The maximum Gasteiger partial charge on any atom is 0.242 e. The van der Waals surface area contributed by atoms with Crippen LogP contribution in [0, 0.1) is 12.7 Å². The largest absolute Gasteiger partial charge is 0.355 e. The molecule has 2 amide bonds. The van der Waals surface area contributed by atoms with Gasteiger partial charge in [0.2, 0.25) is 21.8 Å². The second-order valence-electron chi connectivity index (χ2n) is 7.99. The van der Waals surface area contributed by atoms with Gasteiger partial charge in [-0.15, -0.1) is 0 Å². The van der Waals surface area contributed by atoms with E-state index in [1.807, 2.05) is 19.1 Å². The Morgan fingerprint density at radius 1 is 1.06 bits per heavy atom. The second kappa shape index (κ2) is 11.8. The van der Waals surface area contributed by atoms with Gasteiger partial charge in [-0.2, -0.15) is 0 Å². The Labute approximate surface area is 195 Å². The van der Waals surface area contributed by atoms with Gasteiger partial charge in [0, 0.05) is 26.1 Å². The number of rotatable bonds is 11. The van der Waals surface area contributed by atoms with Gasteiger partial charge in [0.25, 0.3) is 0 Å². The topological polar surface area (TPSA) is 86.8 Å². The lowest BCUT2D eigenvalue weighted by atomic mass is 10.1. The van der Waals surface area contributed by atoms with Crippen molar-refractivity contribution in [1.82, 2.24) is 10.2 Å². The first-order valence-electron chi connectivity index (χ1n) is 10.9. The molecule has 1 atom stereocenters. The number of amides is 2. The first-order valence-corrected chi connectivity index (χ1v) is 12.7. The molecule has 2 aromatic rings. The summed E-state index contributed by atoms with van der Waals surface area (Å²) in [7, 11) is -3.53. The molecule has 2 rings (SSSR count). The van der Waals surface area contributed by atoms with Crippen LogP contribution < -0.4 is 9.62 Å². The molecule has 7 nitrogen and oxygen atoms in total. The van der Waals surface area contributed by atoms with E-state index < -0.39 is 16.1 Å². The summed E-state index contributed by atoms with van der Waals surface area (Å²) < 4.78 is 39.2. The number of benzene rings is 2. The molecule has 0 aliphatic carbocycles. The number of nitrogens with zero attached hydrogens (tertiary/aromatic N) is 2. The molecule has 0 aliphatic rings. The number of sulfonamides is 1. The molecule has 0 saturated carbocycles. The monoisotopic (exact) mass is 477 g/mol. The maximum absolute atomic E-state index is 13.3. The second-order valence-corrected chi connectivity index (χ2v) is 9.90. The lowest BCUT2D eigenvalue weighted by Crippen LogP contribution is -2.47. The van der Waals surface area contributed by atoms with Gasteiger partial charge in [-0.1, -0.05) is 29.8 Å². The molecule has 0 fully saturated rings. The van der Waals surface area contributed by atoms with E-state index in [0.717, 1.165) is 11.8 Å². The van der Waals surface area contributed by atoms with Crippen molar-refractivity contribution in [2.45, 2.75) is 46.2 Å². The lowest BCUT2D eigenvalue weighted by molar-refractivity contribution is -0.140. The number of nitrogens with one attached hydrogen (secondary N) is 1. The summed E-state index contributed by atoms with van der Waals surface area (Å²) in [6.07, 6.45) is 1.47. The fourth-order valence-electron chi connectivity index (χ4n) is 3.41. The van der Waals surface area contributed by atoms with E-state index in [1.165, 1.54) is 21.3 Å². The zero-order valence-electron chi connectivity index (χ0n) is 19.5. The summed E-state index contributed by atoms with van der Waals surface area (Å²) in [5, 5.41) is 2.72. The summed E-state index contributed by atoms with van der Waals surface area (Å²) in [5.74, 6) is -0.953. The Kier molecular flexibility index (Phi) is 9.40. The Balaban J connectivity index is 2.13. The van der Waals surface area contributed by atoms with E-state index in [1.54, 1.807) is 38.1 Å². The summed E-state index contributed by atoms with van der Waals surface area (Å²) in [4.78, 5) is 26.9. The molecule has 1 N–H and O–H groups in total. The van der Waals surface area contributed by atoms with Gasteiger partial charge in [0.1, 0.15) is 11.9 Å². The highest BCUT2D eigenvalue weighted by atomic mass is 32.2. The molecule has 33 heavy (non-hydrogen) atoms. The molecule has 0 radical (unpaired) electrons. The van der Waals surface area contributed by atoms with Crippen molar-refractivity contribution in [3.05, 3.63) is 65.5 Å².